The zero-order valence-electron chi connectivity index (χ0n) is 11.4. The van der Waals surface area contributed by atoms with Gasteiger partial charge in [0, 0.05) is 25.2 Å². The van der Waals surface area contributed by atoms with Crippen LogP contribution in [0.15, 0.2) is 29.1 Å². The Morgan fingerprint density at radius 1 is 1.42 bits per heavy atom. The zero-order valence-corrected chi connectivity index (χ0v) is 12.2. The number of hydrogen-bond acceptors (Lipinski definition) is 4. The predicted octanol–water partition coefficient (Wildman–Crippen LogP) is 3.48. The maximum Gasteiger partial charge on any atom is 0.133 e. The van der Waals surface area contributed by atoms with Crippen molar-refractivity contribution in [1.82, 2.24) is 9.97 Å². The van der Waals surface area contributed by atoms with Crippen LogP contribution in [0.3, 0.4) is 0 Å². The molecule has 0 radical (unpaired) electrons. The number of nitrogens with zero attached hydrogens (tertiary/aromatic N) is 3. The van der Waals surface area contributed by atoms with Gasteiger partial charge >= 0.3 is 0 Å². The lowest BCUT2D eigenvalue weighted by Crippen LogP contribution is -2.31. The average molecular weight is 273 g/mol. The molecule has 0 N–H and O–H groups in total. The van der Waals surface area contributed by atoms with Gasteiger partial charge in [-0.05, 0) is 54.6 Å². The van der Waals surface area contributed by atoms with E-state index < -0.39 is 0 Å². The largest absolute Gasteiger partial charge is 0.357 e. The number of likely N-dealkylation sites (N-methyl/N-ethyl adjacent to an activating group) is 1. The molecule has 1 atom stereocenters. The van der Waals surface area contributed by atoms with E-state index in [9.17, 15) is 0 Å². The second kappa shape index (κ2) is 5.29. The maximum absolute atomic E-state index is 4.70. The van der Waals surface area contributed by atoms with Gasteiger partial charge < -0.3 is 4.90 Å². The van der Waals surface area contributed by atoms with Crippen LogP contribution in [-0.4, -0.2) is 23.1 Å². The third-order valence-corrected chi connectivity index (χ3v) is 4.47. The number of thiophene rings is 1. The van der Waals surface area contributed by atoms with Crippen molar-refractivity contribution in [2.75, 3.05) is 11.9 Å². The molecule has 0 spiro atoms. The van der Waals surface area contributed by atoms with Gasteiger partial charge in [-0.2, -0.15) is 11.3 Å². The van der Waals surface area contributed by atoms with Crippen molar-refractivity contribution in [1.29, 1.82) is 0 Å². The van der Waals surface area contributed by atoms with E-state index in [0.29, 0.717) is 12.0 Å². The monoisotopic (exact) mass is 273 g/mol. The lowest BCUT2D eigenvalue weighted by molar-refractivity contribution is 0.671. The van der Waals surface area contributed by atoms with Crippen LogP contribution in [-0.2, 0) is 6.42 Å². The summed E-state index contributed by atoms with van der Waals surface area (Å²) in [6.45, 7) is 2.25. The van der Waals surface area contributed by atoms with E-state index in [0.717, 1.165) is 18.1 Å². The molecule has 1 aliphatic carbocycles. The highest BCUT2D eigenvalue weighted by Crippen LogP contribution is 2.38. The average Bonchev–Trinajstić information content (AvgIpc) is 3.17. The van der Waals surface area contributed by atoms with E-state index >= 15 is 0 Å². The highest BCUT2D eigenvalue weighted by molar-refractivity contribution is 7.07. The molecule has 0 bridgehead atoms. The minimum absolute atomic E-state index is 0.441. The Kier molecular flexibility index (Phi) is 3.51. The fourth-order valence-electron chi connectivity index (χ4n) is 2.21. The van der Waals surface area contributed by atoms with Crippen LogP contribution in [0.1, 0.15) is 37.1 Å². The summed E-state index contributed by atoms with van der Waals surface area (Å²) in [5.41, 5.74) is 1.40. The van der Waals surface area contributed by atoms with Crippen LogP contribution in [0.4, 0.5) is 5.82 Å². The Balaban J connectivity index is 1.71. The molecule has 100 valence electrons. The van der Waals surface area contributed by atoms with E-state index in [1.54, 1.807) is 11.3 Å². The summed E-state index contributed by atoms with van der Waals surface area (Å²) in [5.74, 6) is 2.67. The maximum atomic E-state index is 4.70. The van der Waals surface area contributed by atoms with Gasteiger partial charge in [-0.3, -0.25) is 0 Å². The molecule has 0 aromatic carbocycles. The molecule has 2 heterocycles. The van der Waals surface area contributed by atoms with E-state index in [1.165, 1.54) is 18.4 Å². The Morgan fingerprint density at radius 3 is 2.95 bits per heavy atom. The summed E-state index contributed by atoms with van der Waals surface area (Å²) >= 11 is 1.76. The highest BCUT2D eigenvalue weighted by atomic mass is 32.1. The third-order valence-electron chi connectivity index (χ3n) is 3.74. The van der Waals surface area contributed by atoms with Crippen LogP contribution in [0.2, 0.25) is 0 Å². The molecule has 0 saturated heterocycles. The number of aromatic nitrogens is 2. The van der Waals surface area contributed by atoms with Gasteiger partial charge in [0.1, 0.15) is 11.6 Å². The molecular weight excluding hydrogens is 254 g/mol. The van der Waals surface area contributed by atoms with Crippen LogP contribution in [0, 0.1) is 0 Å². The standard InChI is InChI=1S/C15H19N3S/c1-11(9-12-6-8-19-10-12)18(2)14-5-7-16-15(17-14)13-3-4-13/h5-8,10-11,13H,3-4,9H2,1-2H3. The molecule has 2 aromatic heterocycles. The smallest absolute Gasteiger partial charge is 0.133 e. The van der Waals surface area contributed by atoms with Crippen molar-refractivity contribution < 1.29 is 0 Å². The van der Waals surface area contributed by atoms with Crippen molar-refractivity contribution in [3.63, 3.8) is 0 Å². The topological polar surface area (TPSA) is 29.0 Å². The number of hydrogen-bond donors (Lipinski definition) is 0. The Bertz CT molecular complexity index is 534. The van der Waals surface area contributed by atoms with Gasteiger partial charge in [-0.15, -0.1) is 0 Å². The summed E-state index contributed by atoms with van der Waals surface area (Å²) in [7, 11) is 2.12. The first kappa shape index (κ1) is 12.6. The molecule has 0 aliphatic heterocycles. The lowest BCUT2D eigenvalue weighted by atomic mass is 10.1. The Morgan fingerprint density at radius 2 is 2.26 bits per heavy atom. The molecule has 3 nitrogen and oxygen atoms in total. The second-order valence-electron chi connectivity index (χ2n) is 5.34. The molecule has 4 heteroatoms. The zero-order chi connectivity index (χ0) is 13.2. The molecule has 0 amide bonds. The SMILES string of the molecule is CC(Cc1ccsc1)N(C)c1ccnc(C2CC2)n1. The molecule has 19 heavy (non-hydrogen) atoms. The van der Waals surface area contributed by atoms with Gasteiger partial charge in [0.15, 0.2) is 0 Å². The summed E-state index contributed by atoms with van der Waals surface area (Å²) < 4.78 is 0. The van der Waals surface area contributed by atoms with Gasteiger partial charge in [-0.25, -0.2) is 9.97 Å². The first-order valence-electron chi connectivity index (χ1n) is 6.81. The summed E-state index contributed by atoms with van der Waals surface area (Å²) in [5, 5.41) is 4.36. The first-order valence-corrected chi connectivity index (χ1v) is 7.75. The summed E-state index contributed by atoms with van der Waals surface area (Å²) in [4.78, 5) is 11.3. The fourth-order valence-corrected chi connectivity index (χ4v) is 2.89. The molecular formula is C15H19N3S. The Labute approximate surface area is 118 Å². The van der Waals surface area contributed by atoms with E-state index in [2.05, 4.69) is 40.7 Å². The molecule has 3 rings (SSSR count). The van der Waals surface area contributed by atoms with Gasteiger partial charge in [-0.1, -0.05) is 0 Å². The van der Waals surface area contributed by atoms with Crippen molar-refractivity contribution in [2.45, 2.75) is 38.1 Å². The van der Waals surface area contributed by atoms with Crippen molar-refractivity contribution in [3.05, 3.63) is 40.5 Å². The van der Waals surface area contributed by atoms with Gasteiger partial charge in [0.05, 0.1) is 0 Å². The van der Waals surface area contributed by atoms with Crippen molar-refractivity contribution in [2.24, 2.45) is 0 Å². The van der Waals surface area contributed by atoms with Crippen molar-refractivity contribution >= 4 is 17.2 Å². The molecule has 1 aliphatic rings. The van der Waals surface area contributed by atoms with Crippen LogP contribution in [0.25, 0.3) is 0 Å². The lowest BCUT2D eigenvalue weighted by Gasteiger charge is -2.26. The Hall–Kier alpha value is -1.42. The minimum atomic E-state index is 0.441. The van der Waals surface area contributed by atoms with Crippen molar-refractivity contribution in [3.8, 4) is 0 Å². The van der Waals surface area contributed by atoms with E-state index in [-0.39, 0.29) is 0 Å². The first-order chi connectivity index (χ1) is 9.24. The molecule has 1 fully saturated rings. The number of anilines is 1. The summed E-state index contributed by atoms with van der Waals surface area (Å²) in [6, 6.07) is 4.65. The predicted molar refractivity (Wildman–Crippen MR) is 79.9 cm³/mol. The second-order valence-corrected chi connectivity index (χ2v) is 6.12. The molecule has 1 saturated carbocycles. The summed E-state index contributed by atoms with van der Waals surface area (Å²) in [6.07, 6.45) is 5.45. The normalized spacial score (nSPS) is 16.3. The molecule has 1 unspecified atom stereocenters. The van der Waals surface area contributed by atoms with Gasteiger partial charge in [0.2, 0.25) is 0 Å². The highest BCUT2D eigenvalue weighted by Gasteiger charge is 2.27. The fraction of sp³-hybridized carbons (Fsp3) is 0.467. The minimum Gasteiger partial charge on any atom is -0.357 e. The third kappa shape index (κ3) is 2.95. The van der Waals surface area contributed by atoms with E-state index in [1.807, 2.05) is 12.3 Å². The van der Waals surface area contributed by atoms with Crippen LogP contribution < -0.4 is 4.90 Å². The van der Waals surface area contributed by atoms with E-state index in [4.69, 9.17) is 4.98 Å². The quantitative estimate of drug-likeness (QED) is 0.835. The molecule has 2 aromatic rings. The number of rotatable bonds is 5. The van der Waals surface area contributed by atoms with Gasteiger partial charge in [0.25, 0.3) is 0 Å². The van der Waals surface area contributed by atoms with Crippen LogP contribution >= 0.6 is 11.3 Å². The van der Waals surface area contributed by atoms with Crippen LogP contribution in [0.5, 0.6) is 0 Å².